The quantitative estimate of drug-likeness (QED) is 0.306. The first-order valence-electron chi connectivity index (χ1n) is 11.4. The second-order valence-corrected chi connectivity index (χ2v) is 9.54. The average Bonchev–Trinajstić information content (AvgIpc) is 3.30. The molecule has 3 heterocycles. The van der Waals surface area contributed by atoms with Gasteiger partial charge in [-0.05, 0) is 81.9 Å². The summed E-state index contributed by atoms with van der Waals surface area (Å²) in [6.45, 7) is 9.68. The maximum absolute atomic E-state index is 6.61. The highest BCUT2D eigenvalue weighted by atomic mass is 35.5. The molecule has 1 N–H and O–H groups in total. The smallest absolute Gasteiger partial charge is 0.174 e. The summed E-state index contributed by atoms with van der Waals surface area (Å²) in [5.74, 6) is 0.622. The highest BCUT2D eigenvalue weighted by molar-refractivity contribution is 7.80. The van der Waals surface area contributed by atoms with Gasteiger partial charge in [-0.2, -0.15) is 0 Å². The summed E-state index contributed by atoms with van der Waals surface area (Å²) in [5, 5.41) is 4.69. The third-order valence-electron chi connectivity index (χ3n) is 6.20. The summed E-state index contributed by atoms with van der Waals surface area (Å²) in [6, 6.07) is 14.2. The fourth-order valence-electron chi connectivity index (χ4n) is 4.84. The number of anilines is 1. The van der Waals surface area contributed by atoms with Crippen molar-refractivity contribution in [2.75, 3.05) is 25.2 Å². The maximum Gasteiger partial charge on any atom is 0.174 e. The molecule has 0 amide bonds. The van der Waals surface area contributed by atoms with Gasteiger partial charge in [0.2, 0.25) is 0 Å². The molecule has 34 heavy (non-hydrogen) atoms. The molecule has 0 saturated carbocycles. The Labute approximate surface area is 211 Å². The van der Waals surface area contributed by atoms with Gasteiger partial charge >= 0.3 is 0 Å². The first-order valence-corrected chi connectivity index (χ1v) is 12.2. The van der Waals surface area contributed by atoms with Crippen molar-refractivity contribution in [3.8, 4) is 5.75 Å². The fourth-order valence-corrected chi connectivity index (χ4v) is 5.41. The van der Waals surface area contributed by atoms with E-state index in [-0.39, 0.29) is 12.1 Å². The Balaban J connectivity index is 1.79. The molecule has 4 rings (SSSR count). The summed E-state index contributed by atoms with van der Waals surface area (Å²) < 4.78 is 13.2. The molecule has 8 heteroatoms. The molecule has 180 valence electrons. The minimum Gasteiger partial charge on any atom is -0.490 e. The molecule has 0 unspecified atom stereocenters. The molecule has 0 aliphatic carbocycles. The van der Waals surface area contributed by atoms with Crippen LogP contribution >= 0.6 is 23.8 Å². The van der Waals surface area contributed by atoms with Crippen molar-refractivity contribution in [2.45, 2.75) is 45.8 Å². The zero-order valence-electron chi connectivity index (χ0n) is 20.2. The normalized spacial score (nSPS) is 18.0. The van der Waals surface area contributed by atoms with Crippen LogP contribution in [0.4, 0.5) is 5.69 Å². The van der Waals surface area contributed by atoms with Crippen LogP contribution in [0.15, 0.2) is 48.7 Å². The van der Waals surface area contributed by atoms with Crippen LogP contribution in [-0.2, 0) is 4.74 Å². The van der Waals surface area contributed by atoms with Crippen LogP contribution in [0, 0.1) is 13.8 Å². The molecule has 1 aliphatic heterocycles. The maximum atomic E-state index is 6.61. The van der Waals surface area contributed by atoms with E-state index in [1.165, 1.54) is 17.0 Å². The van der Waals surface area contributed by atoms with E-state index in [0.29, 0.717) is 35.1 Å². The minimum atomic E-state index is -0.105. The number of pyridine rings is 1. The predicted octanol–water partition coefficient (Wildman–Crippen LogP) is 5.94. The number of halogens is 1. The molecular weight excluding hydrogens is 468 g/mol. The monoisotopic (exact) mass is 498 g/mol. The third-order valence-corrected chi connectivity index (χ3v) is 6.81. The first-order chi connectivity index (χ1) is 16.3. The summed E-state index contributed by atoms with van der Waals surface area (Å²) >= 11 is 12.5. The van der Waals surface area contributed by atoms with Crippen molar-refractivity contribution in [1.82, 2.24) is 14.9 Å². The van der Waals surface area contributed by atoms with E-state index >= 15 is 0 Å². The van der Waals surface area contributed by atoms with E-state index in [1.807, 2.05) is 42.6 Å². The van der Waals surface area contributed by atoms with E-state index in [2.05, 4.69) is 53.5 Å². The molecule has 6 nitrogen and oxygen atoms in total. The van der Waals surface area contributed by atoms with Crippen molar-refractivity contribution < 1.29 is 9.47 Å². The number of methoxy groups -OCH3 is 1. The molecule has 1 fully saturated rings. The predicted molar refractivity (Wildman–Crippen MR) is 141 cm³/mol. The van der Waals surface area contributed by atoms with Crippen molar-refractivity contribution in [2.24, 2.45) is 0 Å². The topological polar surface area (TPSA) is 51.6 Å². The summed E-state index contributed by atoms with van der Waals surface area (Å²) in [4.78, 5) is 6.80. The Bertz CT molecular complexity index is 1170. The number of aryl methyl sites for hydroxylation is 1. The van der Waals surface area contributed by atoms with Crippen LogP contribution in [0.2, 0.25) is 5.02 Å². The minimum absolute atomic E-state index is 0.0857. The number of benzene rings is 1. The van der Waals surface area contributed by atoms with Crippen molar-refractivity contribution in [3.05, 3.63) is 76.3 Å². The number of thiocarbonyl (C=S) groups is 1. The largest absolute Gasteiger partial charge is 0.490 e. The van der Waals surface area contributed by atoms with Gasteiger partial charge in [0.1, 0.15) is 12.4 Å². The standard InChI is InChI=1S/C26H31ClN4O2S/c1-16(2)30-17(3)14-20(18(30)4)25-24(22-8-6-7-11-28-22)29-26(34)31(25)19-9-10-23(21(27)15-19)33-13-12-32-5/h6-11,14-16,24-25H,12-13H2,1-5H3,(H,29,34)/t24-,25+/m1/s1. The van der Waals surface area contributed by atoms with Gasteiger partial charge in [0, 0.05) is 36.4 Å². The van der Waals surface area contributed by atoms with Crippen LogP contribution in [-0.4, -0.2) is 35.0 Å². The molecule has 1 saturated heterocycles. The third kappa shape index (κ3) is 4.65. The van der Waals surface area contributed by atoms with Crippen molar-refractivity contribution in [1.29, 1.82) is 0 Å². The Morgan fingerprint density at radius 3 is 2.56 bits per heavy atom. The molecule has 0 radical (unpaired) electrons. The fraction of sp³-hybridized carbons (Fsp3) is 0.385. The Hall–Kier alpha value is -2.61. The number of rotatable bonds is 8. The van der Waals surface area contributed by atoms with Gasteiger partial charge < -0.3 is 24.3 Å². The van der Waals surface area contributed by atoms with Crippen molar-refractivity contribution >= 4 is 34.6 Å². The van der Waals surface area contributed by atoms with Gasteiger partial charge in [0.25, 0.3) is 0 Å². The molecule has 1 aromatic carbocycles. The lowest BCUT2D eigenvalue weighted by molar-refractivity contribution is 0.146. The van der Waals surface area contributed by atoms with E-state index in [4.69, 9.17) is 33.3 Å². The van der Waals surface area contributed by atoms with E-state index in [9.17, 15) is 0 Å². The number of hydrogen-bond acceptors (Lipinski definition) is 4. The van der Waals surface area contributed by atoms with E-state index in [1.54, 1.807) is 7.11 Å². The number of hydrogen-bond donors (Lipinski definition) is 1. The average molecular weight is 499 g/mol. The summed E-state index contributed by atoms with van der Waals surface area (Å²) in [6.07, 6.45) is 1.82. The zero-order valence-corrected chi connectivity index (χ0v) is 21.8. The number of nitrogens with one attached hydrogen (secondary N) is 1. The van der Waals surface area contributed by atoms with Crippen LogP contribution in [0.5, 0.6) is 5.75 Å². The second-order valence-electron chi connectivity index (χ2n) is 8.74. The number of ether oxygens (including phenoxy) is 2. The molecule has 2 aromatic heterocycles. The lowest BCUT2D eigenvalue weighted by atomic mass is 9.96. The van der Waals surface area contributed by atoms with Crippen LogP contribution in [0.3, 0.4) is 0 Å². The van der Waals surface area contributed by atoms with Gasteiger partial charge in [-0.3, -0.25) is 4.98 Å². The Morgan fingerprint density at radius 1 is 1.15 bits per heavy atom. The van der Waals surface area contributed by atoms with Crippen LogP contribution < -0.4 is 15.0 Å². The zero-order chi connectivity index (χ0) is 24.4. The number of nitrogens with zero attached hydrogens (tertiary/aromatic N) is 3. The summed E-state index contributed by atoms with van der Waals surface area (Å²) in [7, 11) is 1.64. The summed E-state index contributed by atoms with van der Waals surface area (Å²) in [5.41, 5.74) is 5.50. The van der Waals surface area contributed by atoms with Gasteiger partial charge in [0.05, 0.1) is 29.4 Å². The Kier molecular flexibility index (Phi) is 7.45. The molecular formula is C26H31ClN4O2S. The van der Waals surface area contributed by atoms with Gasteiger partial charge in [-0.15, -0.1) is 0 Å². The highest BCUT2D eigenvalue weighted by Crippen LogP contribution is 2.44. The number of aromatic nitrogens is 2. The first kappa shape index (κ1) is 24.5. The highest BCUT2D eigenvalue weighted by Gasteiger charge is 2.42. The van der Waals surface area contributed by atoms with Crippen LogP contribution in [0.1, 0.15) is 54.6 Å². The van der Waals surface area contributed by atoms with Crippen molar-refractivity contribution in [3.63, 3.8) is 0 Å². The lowest BCUT2D eigenvalue weighted by Crippen LogP contribution is -2.29. The van der Waals surface area contributed by atoms with Crippen LogP contribution in [0.25, 0.3) is 0 Å². The van der Waals surface area contributed by atoms with E-state index in [0.717, 1.165) is 11.4 Å². The lowest BCUT2D eigenvalue weighted by Gasteiger charge is -2.29. The molecule has 2 atom stereocenters. The van der Waals surface area contributed by atoms with Gasteiger partial charge in [-0.1, -0.05) is 17.7 Å². The molecule has 1 aliphatic rings. The van der Waals surface area contributed by atoms with Gasteiger partial charge in [-0.25, -0.2) is 0 Å². The molecule has 3 aromatic rings. The Morgan fingerprint density at radius 2 is 1.94 bits per heavy atom. The van der Waals surface area contributed by atoms with Gasteiger partial charge in [0.15, 0.2) is 5.11 Å². The molecule has 0 bridgehead atoms. The second kappa shape index (κ2) is 10.3. The van der Waals surface area contributed by atoms with E-state index < -0.39 is 0 Å². The molecule has 0 spiro atoms. The SMILES string of the molecule is COCCOc1ccc(N2C(=S)N[C@H](c3ccccn3)[C@@H]2c2cc(C)n(C(C)C)c2C)cc1Cl.